The SMILES string of the molecule is C/C(=C/C(=O)Nc1cccc(CO)c1)c1ccc(F)cc1F. The van der Waals surface area contributed by atoms with Crippen LogP contribution in [0.1, 0.15) is 18.1 Å². The summed E-state index contributed by atoms with van der Waals surface area (Å²) < 4.78 is 26.5. The lowest BCUT2D eigenvalue weighted by atomic mass is 10.1. The van der Waals surface area contributed by atoms with E-state index in [0.29, 0.717) is 16.8 Å². The first-order valence-corrected chi connectivity index (χ1v) is 6.64. The molecule has 2 rings (SSSR count). The summed E-state index contributed by atoms with van der Waals surface area (Å²) in [6.07, 6.45) is 1.24. The number of halogens is 2. The molecule has 114 valence electrons. The predicted molar refractivity (Wildman–Crippen MR) is 81.0 cm³/mol. The van der Waals surface area contributed by atoms with Crippen LogP contribution in [0.4, 0.5) is 14.5 Å². The lowest BCUT2D eigenvalue weighted by Gasteiger charge is -2.06. The van der Waals surface area contributed by atoms with Crippen LogP contribution >= 0.6 is 0 Å². The number of benzene rings is 2. The van der Waals surface area contributed by atoms with Gasteiger partial charge in [0.1, 0.15) is 11.6 Å². The number of anilines is 1. The van der Waals surface area contributed by atoms with E-state index in [9.17, 15) is 13.6 Å². The minimum absolute atomic E-state index is 0.126. The predicted octanol–water partition coefficient (Wildman–Crippen LogP) is 3.50. The molecule has 0 radical (unpaired) electrons. The number of aliphatic hydroxyl groups excluding tert-OH is 1. The first-order chi connectivity index (χ1) is 10.5. The first kappa shape index (κ1) is 15.9. The Labute approximate surface area is 126 Å². The Balaban J connectivity index is 2.15. The van der Waals surface area contributed by atoms with Crippen LogP contribution in [0.5, 0.6) is 0 Å². The van der Waals surface area contributed by atoms with Crippen LogP contribution in [-0.2, 0) is 11.4 Å². The summed E-state index contributed by atoms with van der Waals surface area (Å²) >= 11 is 0. The third-order valence-corrected chi connectivity index (χ3v) is 3.08. The minimum Gasteiger partial charge on any atom is -0.392 e. The van der Waals surface area contributed by atoms with Crippen molar-refractivity contribution in [3.8, 4) is 0 Å². The summed E-state index contributed by atoms with van der Waals surface area (Å²) in [5, 5.41) is 11.7. The highest BCUT2D eigenvalue weighted by Crippen LogP contribution is 2.19. The fraction of sp³-hybridized carbons (Fsp3) is 0.118. The zero-order valence-corrected chi connectivity index (χ0v) is 11.9. The molecule has 0 saturated carbocycles. The normalized spacial score (nSPS) is 11.4. The highest BCUT2D eigenvalue weighted by Gasteiger charge is 2.07. The fourth-order valence-corrected chi connectivity index (χ4v) is 2.01. The van der Waals surface area contributed by atoms with Gasteiger partial charge in [0.2, 0.25) is 5.91 Å². The Kier molecular flexibility index (Phi) is 5.01. The molecule has 2 aromatic carbocycles. The van der Waals surface area contributed by atoms with Crippen LogP contribution in [0.25, 0.3) is 5.57 Å². The average Bonchev–Trinajstić information content (AvgIpc) is 2.47. The Bertz CT molecular complexity index is 726. The number of nitrogens with one attached hydrogen (secondary N) is 1. The second-order valence-electron chi connectivity index (χ2n) is 4.80. The monoisotopic (exact) mass is 303 g/mol. The van der Waals surface area contributed by atoms with Crippen molar-refractivity contribution in [2.75, 3.05) is 5.32 Å². The molecule has 0 aromatic heterocycles. The number of amides is 1. The minimum atomic E-state index is -0.719. The van der Waals surface area contributed by atoms with Gasteiger partial charge in [-0.25, -0.2) is 8.78 Å². The van der Waals surface area contributed by atoms with E-state index >= 15 is 0 Å². The molecule has 0 fully saturated rings. The summed E-state index contributed by atoms with van der Waals surface area (Å²) in [7, 11) is 0. The van der Waals surface area contributed by atoms with Gasteiger partial charge in [-0.15, -0.1) is 0 Å². The Hall–Kier alpha value is -2.53. The van der Waals surface area contributed by atoms with Crippen molar-refractivity contribution in [3.05, 3.63) is 71.3 Å². The molecule has 0 aliphatic carbocycles. The molecule has 0 saturated heterocycles. The molecule has 0 bridgehead atoms. The largest absolute Gasteiger partial charge is 0.392 e. The number of hydrogen-bond acceptors (Lipinski definition) is 2. The Morgan fingerprint density at radius 1 is 1.23 bits per heavy atom. The van der Waals surface area contributed by atoms with Crippen molar-refractivity contribution in [2.45, 2.75) is 13.5 Å². The van der Waals surface area contributed by atoms with Gasteiger partial charge < -0.3 is 10.4 Å². The molecular weight excluding hydrogens is 288 g/mol. The number of rotatable bonds is 4. The average molecular weight is 303 g/mol. The highest BCUT2D eigenvalue weighted by atomic mass is 19.1. The molecular formula is C17H15F2NO2. The van der Waals surface area contributed by atoms with Gasteiger partial charge in [-0.3, -0.25) is 4.79 Å². The molecule has 0 aliphatic rings. The molecule has 0 heterocycles. The summed E-state index contributed by atoms with van der Waals surface area (Å²) in [6.45, 7) is 1.44. The standard InChI is InChI=1S/C17H15F2NO2/c1-11(15-6-5-13(18)9-16(15)19)7-17(22)20-14-4-2-3-12(8-14)10-21/h2-9,21H,10H2,1H3,(H,20,22)/b11-7-. The van der Waals surface area contributed by atoms with Crippen LogP contribution in [0, 0.1) is 11.6 Å². The molecule has 2 aromatic rings. The van der Waals surface area contributed by atoms with Crippen LogP contribution in [-0.4, -0.2) is 11.0 Å². The summed E-state index contributed by atoms with van der Waals surface area (Å²) in [5.74, 6) is -1.82. The van der Waals surface area contributed by atoms with Gasteiger partial charge in [-0.05, 0) is 42.3 Å². The van der Waals surface area contributed by atoms with Crippen molar-refractivity contribution < 1.29 is 18.7 Å². The summed E-state index contributed by atoms with van der Waals surface area (Å²) in [4.78, 5) is 11.9. The number of aliphatic hydroxyl groups is 1. The third-order valence-electron chi connectivity index (χ3n) is 3.08. The third kappa shape index (κ3) is 3.99. The molecule has 3 nitrogen and oxygen atoms in total. The number of hydrogen-bond donors (Lipinski definition) is 2. The molecule has 0 atom stereocenters. The molecule has 0 unspecified atom stereocenters. The summed E-state index contributed by atoms with van der Waals surface area (Å²) in [6, 6.07) is 9.95. The lowest BCUT2D eigenvalue weighted by Crippen LogP contribution is -2.09. The van der Waals surface area contributed by atoms with Crippen molar-refractivity contribution in [1.82, 2.24) is 0 Å². The maximum Gasteiger partial charge on any atom is 0.248 e. The van der Waals surface area contributed by atoms with Crippen molar-refractivity contribution in [2.24, 2.45) is 0 Å². The van der Waals surface area contributed by atoms with E-state index < -0.39 is 17.5 Å². The van der Waals surface area contributed by atoms with Crippen molar-refractivity contribution in [3.63, 3.8) is 0 Å². The van der Waals surface area contributed by atoms with Gasteiger partial charge in [-0.2, -0.15) is 0 Å². The van der Waals surface area contributed by atoms with E-state index in [2.05, 4.69) is 5.32 Å². The smallest absolute Gasteiger partial charge is 0.248 e. The number of carbonyl (C=O) groups excluding carboxylic acids is 1. The first-order valence-electron chi connectivity index (χ1n) is 6.64. The maximum atomic E-state index is 13.6. The topological polar surface area (TPSA) is 49.3 Å². The lowest BCUT2D eigenvalue weighted by molar-refractivity contribution is -0.111. The van der Waals surface area contributed by atoms with E-state index in [-0.39, 0.29) is 12.2 Å². The van der Waals surface area contributed by atoms with Crippen LogP contribution < -0.4 is 5.32 Å². The van der Waals surface area contributed by atoms with Crippen LogP contribution in [0.2, 0.25) is 0 Å². The van der Waals surface area contributed by atoms with Gasteiger partial charge in [0.05, 0.1) is 6.61 Å². The van der Waals surface area contributed by atoms with E-state index in [0.717, 1.165) is 12.1 Å². The second-order valence-corrected chi connectivity index (χ2v) is 4.80. The fourth-order valence-electron chi connectivity index (χ4n) is 2.01. The zero-order valence-electron chi connectivity index (χ0n) is 11.9. The zero-order chi connectivity index (χ0) is 16.1. The molecule has 1 amide bonds. The molecule has 0 aliphatic heterocycles. The molecule has 0 spiro atoms. The van der Waals surface area contributed by atoms with Gasteiger partial charge in [-0.1, -0.05) is 12.1 Å². The molecule has 22 heavy (non-hydrogen) atoms. The van der Waals surface area contributed by atoms with Gasteiger partial charge in [0, 0.05) is 23.4 Å². The van der Waals surface area contributed by atoms with Crippen LogP contribution in [0.3, 0.4) is 0 Å². The van der Waals surface area contributed by atoms with Crippen molar-refractivity contribution in [1.29, 1.82) is 0 Å². The van der Waals surface area contributed by atoms with Gasteiger partial charge in [0.25, 0.3) is 0 Å². The van der Waals surface area contributed by atoms with Gasteiger partial charge >= 0.3 is 0 Å². The van der Waals surface area contributed by atoms with Crippen molar-refractivity contribution >= 4 is 17.2 Å². The quantitative estimate of drug-likeness (QED) is 0.849. The molecule has 2 N–H and O–H groups in total. The second kappa shape index (κ2) is 6.95. The highest BCUT2D eigenvalue weighted by molar-refractivity contribution is 6.03. The van der Waals surface area contributed by atoms with E-state index in [1.165, 1.54) is 12.1 Å². The number of allylic oxidation sites excluding steroid dienone is 1. The van der Waals surface area contributed by atoms with E-state index in [4.69, 9.17) is 5.11 Å². The number of carbonyl (C=O) groups is 1. The van der Waals surface area contributed by atoms with E-state index in [1.54, 1.807) is 31.2 Å². The maximum absolute atomic E-state index is 13.6. The molecule has 5 heteroatoms. The van der Waals surface area contributed by atoms with E-state index in [1.807, 2.05) is 0 Å². The van der Waals surface area contributed by atoms with Gasteiger partial charge in [0.15, 0.2) is 0 Å². The Morgan fingerprint density at radius 3 is 2.68 bits per heavy atom. The summed E-state index contributed by atoms with van der Waals surface area (Å²) in [5.41, 5.74) is 1.75. The van der Waals surface area contributed by atoms with Crippen LogP contribution in [0.15, 0.2) is 48.5 Å². The Morgan fingerprint density at radius 2 is 2.00 bits per heavy atom.